The minimum Gasteiger partial charge on any atom is -0.321 e. The van der Waals surface area contributed by atoms with Crippen LogP contribution in [-0.2, 0) is 6.42 Å². The summed E-state index contributed by atoms with van der Waals surface area (Å²) in [5, 5.41) is 4.15. The second-order valence-electron chi connectivity index (χ2n) is 4.92. The monoisotopic (exact) mass is 367 g/mol. The Morgan fingerprint density at radius 2 is 1.96 bits per heavy atom. The summed E-state index contributed by atoms with van der Waals surface area (Å²) in [6.45, 7) is 1.94. The van der Waals surface area contributed by atoms with Crippen LogP contribution in [0, 0.1) is 0 Å². The van der Waals surface area contributed by atoms with Crippen LogP contribution >= 0.6 is 34.8 Å². The van der Waals surface area contributed by atoms with Gasteiger partial charge in [-0.1, -0.05) is 41.7 Å². The topological polar surface area (TPSA) is 46.4 Å². The van der Waals surface area contributed by atoms with E-state index in [1.807, 2.05) is 6.92 Å². The van der Waals surface area contributed by atoms with Gasteiger partial charge in [0, 0.05) is 11.9 Å². The van der Waals surface area contributed by atoms with Gasteiger partial charge in [0.15, 0.2) is 0 Å². The van der Waals surface area contributed by atoms with E-state index in [0.29, 0.717) is 44.2 Å². The minimum atomic E-state index is -0.282. The molecule has 0 aliphatic rings. The van der Waals surface area contributed by atoms with E-state index in [4.69, 9.17) is 34.8 Å². The van der Waals surface area contributed by atoms with Crippen molar-refractivity contribution < 1.29 is 4.79 Å². The molecule has 0 radical (unpaired) electrons. The number of hydrogen-bond donors (Lipinski definition) is 1. The zero-order valence-corrected chi connectivity index (χ0v) is 14.4. The van der Waals surface area contributed by atoms with Gasteiger partial charge in [-0.2, -0.15) is 0 Å². The molecule has 3 aromatic rings. The highest BCUT2D eigenvalue weighted by Gasteiger charge is 2.18. The number of carbonyl (C=O) groups is 1. The van der Waals surface area contributed by atoms with Crippen molar-refractivity contribution in [2.24, 2.45) is 0 Å². The first-order valence-electron chi connectivity index (χ1n) is 6.92. The maximum atomic E-state index is 12.7. The highest BCUT2D eigenvalue weighted by molar-refractivity contribution is 6.42. The summed E-state index contributed by atoms with van der Waals surface area (Å²) >= 11 is 17.9. The summed E-state index contributed by atoms with van der Waals surface area (Å²) in [4.78, 5) is 17.1. The standard InChI is InChI=1S/C16H12Cl3N3O/c1-2-13-15(22-8-9(17)3-6-14(22)21-13)16(23)20-10-4-5-11(18)12(19)7-10/h3-8H,2H2,1H3,(H,20,23). The minimum absolute atomic E-state index is 0.282. The lowest BCUT2D eigenvalue weighted by Crippen LogP contribution is -2.16. The summed E-state index contributed by atoms with van der Waals surface area (Å²) in [7, 11) is 0. The molecule has 0 saturated heterocycles. The summed E-state index contributed by atoms with van der Waals surface area (Å²) < 4.78 is 1.69. The third kappa shape index (κ3) is 3.15. The first-order chi connectivity index (χ1) is 11.0. The number of aromatic nitrogens is 2. The van der Waals surface area contributed by atoms with Gasteiger partial charge >= 0.3 is 0 Å². The van der Waals surface area contributed by atoms with E-state index in [0.717, 1.165) is 0 Å². The fourth-order valence-electron chi connectivity index (χ4n) is 2.32. The first-order valence-corrected chi connectivity index (χ1v) is 8.06. The van der Waals surface area contributed by atoms with Crippen molar-refractivity contribution in [1.29, 1.82) is 0 Å². The van der Waals surface area contributed by atoms with Crippen molar-refractivity contribution in [2.45, 2.75) is 13.3 Å². The Morgan fingerprint density at radius 1 is 1.17 bits per heavy atom. The molecule has 0 atom stereocenters. The average molecular weight is 369 g/mol. The van der Waals surface area contributed by atoms with Gasteiger partial charge in [-0.15, -0.1) is 0 Å². The van der Waals surface area contributed by atoms with Gasteiger partial charge in [0.1, 0.15) is 11.3 Å². The number of aryl methyl sites for hydroxylation is 1. The van der Waals surface area contributed by atoms with Crippen LogP contribution in [0.1, 0.15) is 23.1 Å². The lowest BCUT2D eigenvalue weighted by molar-refractivity contribution is 0.102. The molecule has 0 fully saturated rings. The third-order valence-electron chi connectivity index (χ3n) is 3.38. The van der Waals surface area contributed by atoms with E-state index in [-0.39, 0.29) is 5.91 Å². The fraction of sp³-hybridized carbons (Fsp3) is 0.125. The molecule has 0 aliphatic carbocycles. The Hall–Kier alpha value is -1.75. The molecule has 1 N–H and O–H groups in total. The highest BCUT2D eigenvalue weighted by Crippen LogP contribution is 2.26. The molecule has 23 heavy (non-hydrogen) atoms. The van der Waals surface area contributed by atoms with E-state index in [1.54, 1.807) is 40.9 Å². The Morgan fingerprint density at radius 3 is 2.65 bits per heavy atom. The fourth-order valence-corrected chi connectivity index (χ4v) is 2.78. The lowest BCUT2D eigenvalue weighted by atomic mass is 10.2. The van der Waals surface area contributed by atoms with Gasteiger partial charge in [0.05, 0.1) is 20.8 Å². The molecule has 0 aliphatic heterocycles. The number of hydrogen-bond acceptors (Lipinski definition) is 2. The van der Waals surface area contributed by atoms with Crippen LogP contribution in [0.15, 0.2) is 36.5 Å². The van der Waals surface area contributed by atoms with Crippen LogP contribution < -0.4 is 5.32 Å². The Labute approximate surface area is 148 Å². The largest absolute Gasteiger partial charge is 0.321 e. The van der Waals surface area contributed by atoms with Crippen LogP contribution in [0.3, 0.4) is 0 Å². The van der Waals surface area contributed by atoms with E-state index in [2.05, 4.69) is 10.3 Å². The van der Waals surface area contributed by atoms with Gasteiger partial charge in [0.25, 0.3) is 5.91 Å². The molecule has 7 heteroatoms. The molecule has 0 saturated carbocycles. The summed E-state index contributed by atoms with van der Waals surface area (Å²) in [5.41, 5.74) is 2.38. The van der Waals surface area contributed by atoms with Crippen molar-refractivity contribution in [1.82, 2.24) is 9.38 Å². The van der Waals surface area contributed by atoms with E-state index >= 15 is 0 Å². The van der Waals surface area contributed by atoms with E-state index < -0.39 is 0 Å². The van der Waals surface area contributed by atoms with Crippen LogP contribution in [0.4, 0.5) is 5.69 Å². The number of pyridine rings is 1. The van der Waals surface area contributed by atoms with Gasteiger partial charge in [0.2, 0.25) is 0 Å². The van der Waals surface area contributed by atoms with Crippen molar-refractivity contribution >= 4 is 52.0 Å². The molecule has 2 aromatic heterocycles. The zero-order valence-electron chi connectivity index (χ0n) is 12.1. The molecule has 0 bridgehead atoms. The molecule has 0 spiro atoms. The summed E-state index contributed by atoms with van der Waals surface area (Å²) in [5.74, 6) is -0.282. The number of anilines is 1. The van der Waals surface area contributed by atoms with E-state index in [9.17, 15) is 4.79 Å². The molecule has 3 rings (SSSR count). The predicted octanol–water partition coefficient (Wildman–Crippen LogP) is 5.11. The summed E-state index contributed by atoms with van der Waals surface area (Å²) in [6.07, 6.45) is 2.30. The number of imidazole rings is 1. The quantitative estimate of drug-likeness (QED) is 0.698. The average Bonchev–Trinajstić information content (AvgIpc) is 2.88. The second-order valence-corrected chi connectivity index (χ2v) is 6.17. The van der Waals surface area contributed by atoms with Crippen LogP contribution in [0.5, 0.6) is 0 Å². The number of halogens is 3. The van der Waals surface area contributed by atoms with Crippen molar-refractivity contribution in [2.75, 3.05) is 5.32 Å². The third-order valence-corrected chi connectivity index (χ3v) is 4.34. The smallest absolute Gasteiger partial charge is 0.274 e. The SMILES string of the molecule is CCc1nc2ccc(Cl)cn2c1C(=O)Nc1ccc(Cl)c(Cl)c1. The van der Waals surface area contributed by atoms with Gasteiger partial charge in [-0.3, -0.25) is 9.20 Å². The number of nitrogens with zero attached hydrogens (tertiary/aromatic N) is 2. The lowest BCUT2D eigenvalue weighted by Gasteiger charge is -2.08. The summed E-state index contributed by atoms with van der Waals surface area (Å²) in [6, 6.07) is 8.44. The second kappa shape index (κ2) is 6.40. The van der Waals surface area contributed by atoms with Crippen molar-refractivity contribution in [3.8, 4) is 0 Å². The van der Waals surface area contributed by atoms with Gasteiger partial charge < -0.3 is 5.32 Å². The highest BCUT2D eigenvalue weighted by atomic mass is 35.5. The van der Waals surface area contributed by atoms with Crippen LogP contribution in [0.25, 0.3) is 5.65 Å². The number of carbonyl (C=O) groups excluding carboxylic acids is 1. The molecule has 2 heterocycles. The Balaban J connectivity index is 2.02. The maximum absolute atomic E-state index is 12.7. The number of nitrogens with one attached hydrogen (secondary N) is 1. The molecule has 1 aromatic carbocycles. The Bertz CT molecular complexity index is 905. The van der Waals surface area contributed by atoms with Crippen molar-refractivity contribution in [3.05, 3.63) is 63.0 Å². The van der Waals surface area contributed by atoms with Gasteiger partial charge in [-0.05, 0) is 36.8 Å². The molecule has 1 amide bonds. The predicted molar refractivity (Wildman–Crippen MR) is 94.0 cm³/mol. The van der Waals surface area contributed by atoms with E-state index in [1.165, 1.54) is 0 Å². The zero-order chi connectivity index (χ0) is 16.6. The molecule has 0 unspecified atom stereocenters. The van der Waals surface area contributed by atoms with Crippen molar-refractivity contribution in [3.63, 3.8) is 0 Å². The molecular weight excluding hydrogens is 357 g/mol. The Kier molecular flexibility index (Phi) is 4.48. The maximum Gasteiger partial charge on any atom is 0.274 e. The first kappa shape index (κ1) is 16.1. The molecular formula is C16H12Cl3N3O. The number of rotatable bonds is 3. The normalized spacial score (nSPS) is 11.0. The number of benzene rings is 1. The van der Waals surface area contributed by atoms with Crippen LogP contribution in [0.2, 0.25) is 15.1 Å². The van der Waals surface area contributed by atoms with Gasteiger partial charge in [-0.25, -0.2) is 4.98 Å². The van der Waals surface area contributed by atoms with Crippen LogP contribution in [-0.4, -0.2) is 15.3 Å². The molecule has 118 valence electrons. The number of fused-ring (bicyclic) bond motifs is 1. The number of amides is 1. The molecule has 4 nitrogen and oxygen atoms in total.